The van der Waals surface area contributed by atoms with Crippen molar-refractivity contribution in [3.8, 4) is 0 Å². The van der Waals surface area contributed by atoms with Gasteiger partial charge in [-0.2, -0.15) is 0 Å². The molecule has 22 heavy (non-hydrogen) atoms. The van der Waals surface area contributed by atoms with Crippen LogP contribution in [-0.2, 0) is 13.0 Å². The van der Waals surface area contributed by atoms with Gasteiger partial charge >= 0.3 is 0 Å². The molecule has 1 aliphatic carbocycles. The fraction of sp³-hybridized carbons (Fsp3) is 0.562. The summed E-state index contributed by atoms with van der Waals surface area (Å²) < 4.78 is 5.67. The van der Waals surface area contributed by atoms with E-state index < -0.39 is 0 Å². The second-order valence-electron chi connectivity index (χ2n) is 6.29. The van der Waals surface area contributed by atoms with Crippen LogP contribution < -0.4 is 5.32 Å². The van der Waals surface area contributed by atoms with Gasteiger partial charge in [0.2, 0.25) is 5.95 Å². The summed E-state index contributed by atoms with van der Waals surface area (Å²) in [6.07, 6.45) is 8.87. The molecule has 3 nitrogen and oxygen atoms in total. The molecule has 1 aromatic heterocycles. The normalized spacial score (nSPS) is 18.9. The minimum Gasteiger partial charge on any atom is -0.353 e. The molecule has 2 aliphatic rings. The molecule has 1 aromatic carbocycles. The predicted molar refractivity (Wildman–Crippen MR) is 102 cm³/mol. The highest BCUT2D eigenvalue weighted by molar-refractivity contribution is 9.14. The number of imidazole rings is 1. The minimum atomic E-state index is 0.581. The van der Waals surface area contributed by atoms with Crippen molar-refractivity contribution in [1.82, 2.24) is 9.55 Å². The number of hydrogen-bond donors (Lipinski definition) is 1. The van der Waals surface area contributed by atoms with Crippen LogP contribution in [0, 0.1) is 0 Å². The molecule has 1 aliphatic heterocycles. The topological polar surface area (TPSA) is 29.9 Å². The van der Waals surface area contributed by atoms with Crippen LogP contribution in [0.1, 0.15) is 44.1 Å². The summed E-state index contributed by atoms with van der Waals surface area (Å²) in [5, 5.41) is 3.72. The molecule has 4 rings (SSSR count). The fourth-order valence-corrected chi connectivity index (χ4v) is 5.50. The van der Waals surface area contributed by atoms with E-state index in [0.29, 0.717) is 6.04 Å². The maximum atomic E-state index is 4.93. The van der Waals surface area contributed by atoms with E-state index in [-0.39, 0.29) is 0 Å². The Kier molecular flexibility index (Phi) is 4.28. The predicted octanol–water partition coefficient (Wildman–Crippen LogP) is 6.01. The van der Waals surface area contributed by atoms with Crippen molar-refractivity contribution in [3.63, 3.8) is 0 Å². The van der Waals surface area contributed by atoms with Crippen molar-refractivity contribution in [3.05, 3.63) is 19.0 Å². The lowest BCUT2D eigenvalue weighted by Crippen LogP contribution is -2.24. The highest BCUT2D eigenvalue weighted by atomic mass is 79.9. The lowest BCUT2D eigenvalue weighted by molar-refractivity contribution is 0.458. The smallest absolute Gasteiger partial charge is 0.204 e. The van der Waals surface area contributed by atoms with E-state index >= 15 is 0 Å². The summed E-state index contributed by atoms with van der Waals surface area (Å²) in [5.74, 6) is 1.05. The van der Waals surface area contributed by atoms with E-state index in [1.54, 1.807) is 0 Å². The summed E-state index contributed by atoms with van der Waals surface area (Å²) >= 11 is 11.1. The average Bonchev–Trinajstić information content (AvgIpc) is 2.91. The van der Waals surface area contributed by atoms with Crippen LogP contribution >= 0.6 is 47.8 Å². The first-order valence-electron chi connectivity index (χ1n) is 7.99. The standard InChI is InChI=1S/C16H18Br3N3/c17-11-10-7-4-8-22-15(10)14(13(19)12(11)18)21-16(22)20-9-5-2-1-3-6-9/h9H,1-8H2,(H,20,21). The molecular formula is C16H18Br3N3. The summed E-state index contributed by atoms with van der Waals surface area (Å²) in [7, 11) is 0. The van der Waals surface area contributed by atoms with Gasteiger partial charge in [0, 0.05) is 21.5 Å². The van der Waals surface area contributed by atoms with Crippen molar-refractivity contribution in [2.75, 3.05) is 5.32 Å². The van der Waals surface area contributed by atoms with Crippen LogP contribution in [0.4, 0.5) is 5.95 Å². The minimum absolute atomic E-state index is 0.581. The van der Waals surface area contributed by atoms with Gasteiger partial charge in [0.15, 0.2) is 0 Å². The van der Waals surface area contributed by atoms with E-state index in [1.165, 1.54) is 49.6 Å². The van der Waals surface area contributed by atoms with Gasteiger partial charge in [-0.25, -0.2) is 4.98 Å². The van der Waals surface area contributed by atoms with Gasteiger partial charge < -0.3 is 9.88 Å². The Balaban J connectivity index is 1.83. The van der Waals surface area contributed by atoms with Crippen molar-refractivity contribution < 1.29 is 0 Å². The van der Waals surface area contributed by atoms with Gasteiger partial charge in [0.25, 0.3) is 0 Å². The van der Waals surface area contributed by atoms with Crippen molar-refractivity contribution in [1.29, 1.82) is 0 Å². The molecule has 2 aromatic rings. The first kappa shape index (κ1) is 15.5. The van der Waals surface area contributed by atoms with Crippen LogP contribution in [0.3, 0.4) is 0 Å². The number of anilines is 1. The molecule has 1 saturated carbocycles. The van der Waals surface area contributed by atoms with Crippen molar-refractivity contribution in [2.24, 2.45) is 0 Å². The van der Waals surface area contributed by atoms with Gasteiger partial charge in [-0.3, -0.25) is 0 Å². The van der Waals surface area contributed by atoms with E-state index in [9.17, 15) is 0 Å². The molecule has 1 fully saturated rings. The van der Waals surface area contributed by atoms with Crippen LogP contribution in [-0.4, -0.2) is 15.6 Å². The molecule has 6 heteroatoms. The maximum Gasteiger partial charge on any atom is 0.204 e. The Morgan fingerprint density at radius 2 is 1.73 bits per heavy atom. The molecule has 2 heterocycles. The first-order valence-corrected chi connectivity index (χ1v) is 10.4. The van der Waals surface area contributed by atoms with Crippen LogP contribution in [0.25, 0.3) is 11.0 Å². The van der Waals surface area contributed by atoms with Gasteiger partial charge in [-0.15, -0.1) is 0 Å². The first-order chi connectivity index (χ1) is 10.7. The molecule has 1 N–H and O–H groups in total. The average molecular weight is 492 g/mol. The SMILES string of the molecule is Brc1c(Br)c2c3c(nc(NC4CCCCC4)n3CCC2)c1Br. The summed E-state index contributed by atoms with van der Waals surface area (Å²) in [6, 6.07) is 0.581. The summed E-state index contributed by atoms with van der Waals surface area (Å²) in [4.78, 5) is 4.93. The molecular weight excluding hydrogens is 474 g/mol. The number of nitrogens with one attached hydrogen (secondary N) is 1. The number of benzene rings is 1. The number of aryl methyl sites for hydroxylation is 2. The highest BCUT2D eigenvalue weighted by Crippen LogP contribution is 2.43. The number of rotatable bonds is 2. The fourth-order valence-electron chi connectivity index (χ4n) is 3.75. The summed E-state index contributed by atoms with van der Waals surface area (Å²) in [5.41, 5.74) is 3.73. The molecule has 0 bridgehead atoms. The van der Waals surface area contributed by atoms with Gasteiger partial charge in [0.05, 0.1) is 9.99 Å². The van der Waals surface area contributed by atoms with E-state index in [1.807, 2.05) is 0 Å². The zero-order valence-electron chi connectivity index (χ0n) is 12.3. The van der Waals surface area contributed by atoms with Gasteiger partial charge in [-0.1, -0.05) is 19.3 Å². The Hall–Kier alpha value is -0.0700. The number of halogens is 3. The molecule has 118 valence electrons. The van der Waals surface area contributed by atoms with E-state index in [0.717, 1.165) is 37.8 Å². The number of hydrogen-bond acceptors (Lipinski definition) is 2. The third-order valence-electron chi connectivity index (χ3n) is 4.86. The van der Waals surface area contributed by atoms with Crippen LogP contribution in [0.15, 0.2) is 13.4 Å². The second kappa shape index (κ2) is 6.10. The molecule has 0 spiro atoms. The van der Waals surface area contributed by atoms with Gasteiger partial charge in [-0.05, 0) is 79.0 Å². The lowest BCUT2D eigenvalue weighted by atomic mass is 9.96. The molecule has 0 atom stereocenters. The second-order valence-corrected chi connectivity index (χ2v) is 8.67. The van der Waals surface area contributed by atoms with E-state index in [4.69, 9.17) is 4.98 Å². The lowest BCUT2D eigenvalue weighted by Gasteiger charge is -2.25. The largest absolute Gasteiger partial charge is 0.353 e. The van der Waals surface area contributed by atoms with Crippen molar-refractivity contribution >= 4 is 64.8 Å². The zero-order chi connectivity index (χ0) is 15.3. The quantitative estimate of drug-likeness (QED) is 0.521. The molecule has 0 radical (unpaired) electrons. The third-order valence-corrected chi connectivity index (χ3v) is 8.36. The van der Waals surface area contributed by atoms with Crippen LogP contribution in [0.2, 0.25) is 0 Å². The highest BCUT2D eigenvalue weighted by Gasteiger charge is 2.26. The monoisotopic (exact) mass is 489 g/mol. The molecule has 0 unspecified atom stereocenters. The Labute approximate surface area is 155 Å². The molecule has 0 amide bonds. The number of nitrogens with zero attached hydrogens (tertiary/aromatic N) is 2. The van der Waals surface area contributed by atoms with Crippen LogP contribution in [0.5, 0.6) is 0 Å². The van der Waals surface area contributed by atoms with Crippen molar-refractivity contribution in [2.45, 2.75) is 57.5 Å². The van der Waals surface area contributed by atoms with E-state index in [2.05, 4.69) is 57.7 Å². The Bertz CT molecular complexity index is 732. The maximum absolute atomic E-state index is 4.93. The zero-order valence-corrected chi connectivity index (χ0v) is 17.0. The molecule has 0 saturated heterocycles. The Morgan fingerprint density at radius 1 is 0.955 bits per heavy atom. The summed E-state index contributed by atoms with van der Waals surface area (Å²) in [6.45, 7) is 1.05. The Morgan fingerprint density at radius 3 is 2.50 bits per heavy atom. The number of aromatic nitrogens is 2. The third kappa shape index (κ3) is 2.46. The van der Waals surface area contributed by atoms with Gasteiger partial charge in [0.1, 0.15) is 5.52 Å².